The first-order valence-corrected chi connectivity index (χ1v) is 13.0. The van der Waals surface area contributed by atoms with Gasteiger partial charge < -0.3 is 24.3 Å². The predicted molar refractivity (Wildman–Crippen MR) is 153 cm³/mol. The van der Waals surface area contributed by atoms with Crippen molar-refractivity contribution in [1.82, 2.24) is 4.57 Å². The van der Waals surface area contributed by atoms with Crippen LogP contribution in [0.15, 0.2) is 72.9 Å². The number of ether oxygens (including phenoxy) is 2. The Hall–Kier alpha value is -4.85. The number of Topliss-reactive ketones (excluding diaryl/α,β-unsaturated/α-hetero) is 1. The van der Waals surface area contributed by atoms with Crippen LogP contribution in [0.25, 0.3) is 23.1 Å². The van der Waals surface area contributed by atoms with Gasteiger partial charge in [-0.15, -0.1) is 0 Å². The maximum absolute atomic E-state index is 11.7. The molecule has 0 amide bonds. The molecule has 0 aliphatic rings. The van der Waals surface area contributed by atoms with E-state index in [0.717, 1.165) is 35.1 Å². The molecule has 0 unspecified atom stereocenters. The maximum atomic E-state index is 11.7. The summed E-state index contributed by atoms with van der Waals surface area (Å²) in [4.78, 5) is 34.4. The highest BCUT2D eigenvalue weighted by atomic mass is 16.5. The van der Waals surface area contributed by atoms with Crippen molar-refractivity contribution in [1.29, 1.82) is 0 Å². The molecular weight excluding hydrogens is 510 g/mol. The Balaban J connectivity index is 1.33. The van der Waals surface area contributed by atoms with Crippen molar-refractivity contribution in [2.24, 2.45) is 0 Å². The van der Waals surface area contributed by atoms with Crippen LogP contribution in [-0.2, 0) is 22.6 Å². The summed E-state index contributed by atoms with van der Waals surface area (Å²) in [5, 5.41) is 19.3. The van der Waals surface area contributed by atoms with Gasteiger partial charge in [-0.1, -0.05) is 48.6 Å². The minimum Gasteiger partial charge on any atom is -0.494 e. The highest BCUT2D eigenvalue weighted by Gasteiger charge is 2.15. The summed E-state index contributed by atoms with van der Waals surface area (Å²) in [6.45, 7) is 2.32. The number of nitrogens with zero attached hydrogens (tertiary/aromatic N) is 1. The number of ketones is 1. The lowest BCUT2D eigenvalue weighted by Crippen LogP contribution is -2.07. The van der Waals surface area contributed by atoms with Gasteiger partial charge in [-0.3, -0.25) is 14.4 Å². The third kappa shape index (κ3) is 7.38. The molecule has 4 aromatic rings. The van der Waals surface area contributed by atoms with Gasteiger partial charge in [-0.2, -0.15) is 0 Å². The fourth-order valence-electron chi connectivity index (χ4n) is 4.50. The van der Waals surface area contributed by atoms with Gasteiger partial charge in [0.2, 0.25) is 0 Å². The Labute approximate surface area is 232 Å². The summed E-state index contributed by atoms with van der Waals surface area (Å²) in [5.41, 5.74) is 3.58. The molecule has 0 fully saturated rings. The first-order valence-electron chi connectivity index (χ1n) is 13.0. The van der Waals surface area contributed by atoms with Gasteiger partial charge in [-0.05, 0) is 66.8 Å². The van der Waals surface area contributed by atoms with Crippen molar-refractivity contribution in [2.75, 3.05) is 13.2 Å². The zero-order valence-electron chi connectivity index (χ0n) is 22.2. The first-order chi connectivity index (χ1) is 19.3. The van der Waals surface area contributed by atoms with Gasteiger partial charge in [0, 0.05) is 17.1 Å². The minimum absolute atomic E-state index is 0.0212. The average Bonchev–Trinajstić information content (AvgIpc) is 3.26. The number of fused-ring (bicyclic) bond motifs is 1. The number of unbranched alkanes of at least 4 members (excludes halogenated alkanes) is 1. The number of hydrogen-bond donors (Lipinski definition) is 2. The lowest BCUT2D eigenvalue weighted by atomic mass is 10.0. The molecule has 0 spiro atoms. The molecule has 1 heterocycles. The maximum Gasteiger partial charge on any atom is 0.323 e. The molecule has 0 bridgehead atoms. The summed E-state index contributed by atoms with van der Waals surface area (Å²) in [6, 6.07) is 20.4. The van der Waals surface area contributed by atoms with Crippen molar-refractivity contribution in [3.05, 3.63) is 95.2 Å². The molecule has 0 aliphatic heterocycles. The van der Waals surface area contributed by atoms with Crippen LogP contribution in [0.4, 0.5) is 0 Å². The normalized spacial score (nSPS) is 11.1. The molecule has 1 aromatic heterocycles. The highest BCUT2D eigenvalue weighted by Crippen LogP contribution is 2.28. The second-order valence-electron chi connectivity index (χ2n) is 9.35. The van der Waals surface area contributed by atoms with Crippen LogP contribution >= 0.6 is 0 Å². The smallest absolute Gasteiger partial charge is 0.323 e. The van der Waals surface area contributed by atoms with Gasteiger partial charge in [0.15, 0.2) is 5.78 Å². The topological polar surface area (TPSA) is 115 Å². The van der Waals surface area contributed by atoms with Gasteiger partial charge >= 0.3 is 11.9 Å². The first kappa shape index (κ1) is 28.2. The molecule has 4 rings (SSSR count). The van der Waals surface area contributed by atoms with E-state index in [1.54, 1.807) is 29.0 Å². The van der Waals surface area contributed by atoms with E-state index in [-0.39, 0.29) is 18.7 Å². The zero-order chi connectivity index (χ0) is 28.5. The molecule has 0 aliphatic carbocycles. The van der Waals surface area contributed by atoms with E-state index in [1.807, 2.05) is 60.7 Å². The standard InChI is InChI=1S/C32H31NO7/c1-22(34)27-8-2-3-10-29(27)40-18-5-4-17-39-26-15-12-23(13-16-26)11-14-24-7-6-9-28-32(24)25(19-30(35)36)20-33(28)21-31(37)38/h2-3,6-16,20H,4-5,17-19,21H2,1H3,(H,35,36)(H,37,38)/b14-11+. The molecule has 3 aromatic carbocycles. The Morgan fingerprint density at radius 2 is 1.55 bits per heavy atom. The highest BCUT2D eigenvalue weighted by molar-refractivity contribution is 5.97. The second kappa shape index (κ2) is 13.3. The predicted octanol–water partition coefficient (Wildman–Crippen LogP) is 5.96. The third-order valence-electron chi connectivity index (χ3n) is 6.33. The number of carboxylic acids is 2. The molecule has 40 heavy (non-hydrogen) atoms. The Kier molecular flexibility index (Phi) is 9.35. The van der Waals surface area contributed by atoms with Crippen LogP contribution in [0, 0.1) is 0 Å². The number of para-hydroxylation sites is 1. The SMILES string of the molecule is CC(=O)c1ccccc1OCCCCOc1ccc(/C=C/c2cccc3c2c(CC(=O)O)cn3CC(=O)O)cc1. The molecule has 206 valence electrons. The van der Waals surface area contributed by atoms with Gasteiger partial charge in [0.25, 0.3) is 0 Å². The van der Waals surface area contributed by atoms with Crippen LogP contribution in [0.2, 0.25) is 0 Å². The van der Waals surface area contributed by atoms with Crippen molar-refractivity contribution in [3.8, 4) is 11.5 Å². The number of aliphatic carboxylic acids is 2. The largest absolute Gasteiger partial charge is 0.494 e. The van der Waals surface area contributed by atoms with Crippen LogP contribution in [0.5, 0.6) is 11.5 Å². The number of aromatic nitrogens is 1. The Morgan fingerprint density at radius 3 is 2.25 bits per heavy atom. The van der Waals surface area contributed by atoms with Crippen LogP contribution in [0.3, 0.4) is 0 Å². The van der Waals surface area contributed by atoms with E-state index in [4.69, 9.17) is 9.47 Å². The van der Waals surface area contributed by atoms with Crippen molar-refractivity contribution in [3.63, 3.8) is 0 Å². The fraction of sp³-hybridized carbons (Fsp3) is 0.219. The number of hydrogen-bond acceptors (Lipinski definition) is 5. The summed E-state index contributed by atoms with van der Waals surface area (Å²) >= 11 is 0. The minimum atomic E-state index is -0.995. The van der Waals surface area contributed by atoms with E-state index in [0.29, 0.717) is 35.6 Å². The molecule has 8 nitrogen and oxygen atoms in total. The fourth-order valence-corrected chi connectivity index (χ4v) is 4.50. The Bertz CT molecular complexity index is 1530. The van der Waals surface area contributed by atoms with Gasteiger partial charge in [0.1, 0.15) is 18.0 Å². The van der Waals surface area contributed by atoms with E-state index >= 15 is 0 Å². The molecule has 0 atom stereocenters. The number of benzene rings is 3. The summed E-state index contributed by atoms with van der Waals surface area (Å²) in [7, 11) is 0. The average molecular weight is 542 g/mol. The van der Waals surface area contributed by atoms with E-state index in [1.165, 1.54) is 6.92 Å². The number of carbonyl (C=O) groups is 3. The van der Waals surface area contributed by atoms with Gasteiger partial charge in [0.05, 0.1) is 25.2 Å². The summed E-state index contributed by atoms with van der Waals surface area (Å²) in [6.07, 6.45) is 6.82. The molecule has 0 saturated carbocycles. The monoisotopic (exact) mass is 541 g/mol. The van der Waals surface area contributed by atoms with Crippen LogP contribution in [-0.4, -0.2) is 45.7 Å². The van der Waals surface area contributed by atoms with Gasteiger partial charge in [-0.25, -0.2) is 0 Å². The van der Waals surface area contributed by atoms with E-state index in [9.17, 15) is 24.6 Å². The molecule has 0 saturated heterocycles. The van der Waals surface area contributed by atoms with E-state index in [2.05, 4.69) is 0 Å². The number of carboxylic acid groups (broad SMARTS) is 2. The molecule has 0 radical (unpaired) electrons. The Morgan fingerprint density at radius 1 is 0.825 bits per heavy atom. The number of carbonyl (C=O) groups excluding carboxylic acids is 1. The third-order valence-corrected chi connectivity index (χ3v) is 6.33. The zero-order valence-corrected chi connectivity index (χ0v) is 22.2. The molecule has 8 heteroatoms. The van der Waals surface area contributed by atoms with E-state index < -0.39 is 11.9 Å². The summed E-state index contributed by atoms with van der Waals surface area (Å²) < 4.78 is 13.2. The second-order valence-corrected chi connectivity index (χ2v) is 9.35. The van der Waals surface area contributed by atoms with Crippen LogP contribution < -0.4 is 9.47 Å². The summed E-state index contributed by atoms with van der Waals surface area (Å²) in [5.74, 6) is -0.643. The van der Waals surface area contributed by atoms with Crippen molar-refractivity contribution in [2.45, 2.75) is 32.7 Å². The van der Waals surface area contributed by atoms with Crippen molar-refractivity contribution >= 4 is 40.8 Å². The van der Waals surface area contributed by atoms with Crippen LogP contribution in [0.1, 0.15) is 46.8 Å². The molecular formula is C32H31NO7. The lowest BCUT2D eigenvalue weighted by Gasteiger charge is -2.10. The lowest BCUT2D eigenvalue weighted by molar-refractivity contribution is -0.138. The molecule has 2 N–H and O–H groups in total. The number of rotatable bonds is 14. The van der Waals surface area contributed by atoms with Crippen molar-refractivity contribution < 1.29 is 34.1 Å². The quantitative estimate of drug-likeness (QED) is 0.115.